The van der Waals surface area contributed by atoms with Crippen molar-refractivity contribution in [2.24, 2.45) is 10.8 Å². The zero-order chi connectivity index (χ0) is 32.8. The predicted octanol–water partition coefficient (Wildman–Crippen LogP) is 10.6. The molecule has 0 amide bonds. The predicted molar refractivity (Wildman–Crippen MR) is 183 cm³/mol. The summed E-state index contributed by atoms with van der Waals surface area (Å²) in [5.41, 5.74) is -2.44. The molecule has 6 heteroatoms. The molecule has 2 aliphatic carbocycles. The zero-order valence-corrected chi connectivity index (χ0v) is 30.1. The van der Waals surface area contributed by atoms with Crippen molar-refractivity contribution in [1.29, 1.82) is 0 Å². The Hall–Kier alpha value is -1.43. The van der Waals surface area contributed by atoms with Crippen molar-refractivity contribution in [3.8, 4) is 0 Å². The number of Topliss-reactive ketones (excluding diaryl/α,β-unsaturated/α-hetero) is 1. The fourth-order valence-corrected chi connectivity index (χ4v) is 10.4. The van der Waals surface area contributed by atoms with E-state index in [9.17, 15) is 10.6 Å². The molecule has 2 atom stereocenters. The van der Waals surface area contributed by atoms with Gasteiger partial charge in [0, 0.05) is 17.3 Å². The number of ketones is 1. The van der Waals surface area contributed by atoms with Crippen LogP contribution in [-0.4, -0.2) is 45.0 Å². The Kier molecular flexibility index (Phi) is 12.3. The van der Waals surface area contributed by atoms with Gasteiger partial charge in [0.1, 0.15) is 17.3 Å². The largest absolute Gasteiger partial charge is 0.462 e. The van der Waals surface area contributed by atoms with E-state index >= 15 is 4.79 Å². The number of carbonyl (C=O) groups is 2. The highest BCUT2D eigenvalue weighted by atomic mass is 16.5. The highest BCUT2D eigenvalue weighted by Gasteiger charge is 2.81. The van der Waals surface area contributed by atoms with Gasteiger partial charge in [-0.1, -0.05) is 138 Å². The van der Waals surface area contributed by atoms with Crippen LogP contribution in [0.4, 0.5) is 0 Å². The van der Waals surface area contributed by atoms with Gasteiger partial charge in [-0.15, -0.1) is 0 Å². The smallest absolute Gasteiger partial charge is 0.306 e. The van der Waals surface area contributed by atoms with Crippen molar-refractivity contribution >= 4 is 17.5 Å². The van der Waals surface area contributed by atoms with Crippen LogP contribution in [0.5, 0.6) is 0 Å². The summed E-state index contributed by atoms with van der Waals surface area (Å²) < 4.78 is 15.1. The minimum Gasteiger partial charge on any atom is -0.462 e. The number of fused-ring (bicyclic) bond motifs is 2. The Labute approximate surface area is 276 Å². The van der Waals surface area contributed by atoms with Crippen molar-refractivity contribution in [1.82, 2.24) is 0 Å². The summed E-state index contributed by atoms with van der Waals surface area (Å²) in [6.07, 6.45) is 24.2. The molecule has 0 radical (unpaired) electrons. The molecule has 3 heterocycles. The molecule has 5 rings (SSSR count). The van der Waals surface area contributed by atoms with Crippen molar-refractivity contribution in [3.05, 3.63) is 5.84 Å². The van der Waals surface area contributed by atoms with E-state index in [0.717, 1.165) is 63.5 Å². The monoisotopic (exact) mass is 629 g/mol. The molecular formula is C39H68N2O4. The Bertz CT molecular complexity index is 1010. The van der Waals surface area contributed by atoms with Crippen LogP contribution in [0, 0.1) is 10.8 Å². The first-order valence-electron chi connectivity index (χ1n) is 19.2. The molecule has 45 heavy (non-hydrogen) atoms. The van der Waals surface area contributed by atoms with Crippen molar-refractivity contribution in [2.75, 3.05) is 0 Å². The SMILES string of the molecule is CCCCCCCCCC(CC)OC(=O)CCC12C(=O)C3(CC(C)(C)C(=[N+]1[NH-])C(C)(C)C3)OC21CCCCCCCCCCC1. The lowest BCUT2D eigenvalue weighted by atomic mass is 9.58. The van der Waals surface area contributed by atoms with E-state index in [2.05, 4.69) is 41.5 Å². The van der Waals surface area contributed by atoms with Gasteiger partial charge in [0.05, 0.1) is 6.42 Å². The Morgan fingerprint density at radius 2 is 1.33 bits per heavy atom. The molecule has 3 fully saturated rings. The lowest BCUT2D eigenvalue weighted by Crippen LogP contribution is -2.63. The number of carbonyl (C=O) groups excluding carboxylic acids is 2. The fraction of sp³-hybridized carbons (Fsp3) is 0.923. The maximum Gasteiger partial charge on any atom is 0.306 e. The second kappa shape index (κ2) is 15.2. The highest BCUT2D eigenvalue weighted by Crippen LogP contribution is 2.64. The van der Waals surface area contributed by atoms with Gasteiger partial charge in [0.15, 0.2) is 5.71 Å². The molecule has 0 aromatic rings. The number of rotatable bonds is 13. The summed E-state index contributed by atoms with van der Waals surface area (Å²) in [5, 5.41) is 0. The number of nitrogens with one attached hydrogen (secondary N) is 1. The van der Waals surface area contributed by atoms with Gasteiger partial charge in [-0.25, -0.2) is 0 Å². The number of ether oxygens (including phenoxy) is 2. The molecule has 6 nitrogen and oxygen atoms in total. The molecule has 1 N–H and O–H groups in total. The number of hydrogen-bond donors (Lipinski definition) is 0. The third-order valence-electron chi connectivity index (χ3n) is 12.0. The molecule has 5 aliphatic rings. The van der Waals surface area contributed by atoms with Crippen LogP contribution in [0.2, 0.25) is 0 Å². The van der Waals surface area contributed by atoms with Gasteiger partial charge in [-0.05, 0) is 44.9 Å². The molecule has 3 aliphatic heterocycles. The molecular weight excluding hydrogens is 560 g/mol. The number of nitrogens with zero attached hydrogens (tertiary/aromatic N) is 1. The summed E-state index contributed by atoms with van der Waals surface area (Å²) in [6, 6.07) is 0. The van der Waals surface area contributed by atoms with E-state index in [1.807, 2.05) is 0 Å². The van der Waals surface area contributed by atoms with Gasteiger partial charge in [-0.2, -0.15) is 0 Å². The standard InChI is InChI=1S/C39H68N2O4/c1-7-9-10-11-15-18-21-24-31(8-2)44-32(42)25-28-39-34(43)37(29-35(3,4)33(41(39)40)36(5,6)30-37)45-38(39)26-22-19-16-13-12-14-17-20-23-27-38/h31,40H,7-30H2,1-6H3. The highest BCUT2D eigenvalue weighted by molar-refractivity contribution is 6.05. The molecule has 0 aromatic heterocycles. The van der Waals surface area contributed by atoms with E-state index in [1.165, 1.54) is 70.6 Å². The van der Waals surface area contributed by atoms with Crippen LogP contribution in [0.3, 0.4) is 0 Å². The van der Waals surface area contributed by atoms with Crippen LogP contribution in [-0.2, 0) is 19.1 Å². The lowest BCUT2D eigenvalue weighted by molar-refractivity contribution is -0.564. The molecule has 3 bridgehead atoms. The van der Waals surface area contributed by atoms with Crippen molar-refractivity contribution < 1.29 is 23.7 Å². The van der Waals surface area contributed by atoms with E-state index in [1.54, 1.807) is 4.68 Å². The van der Waals surface area contributed by atoms with E-state index in [0.29, 0.717) is 19.3 Å². The van der Waals surface area contributed by atoms with Crippen LogP contribution in [0.25, 0.3) is 5.84 Å². The summed E-state index contributed by atoms with van der Waals surface area (Å²) >= 11 is 0. The Morgan fingerprint density at radius 1 is 0.822 bits per heavy atom. The van der Waals surface area contributed by atoms with Gasteiger partial charge in [0.2, 0.25) is 11.3 Å². The number of hydrogen-bond acceptors (Lipinski definition) is 4. The average Bonchev–Trinajstić information content (AvgIpc) is 3.08. The van der Waals surface area contributed by atoms with Gasteiger partial charge < -0.3 is 15.3 Å². The van der Waals surface area contributed by atoms with Crippen LogP contribution < -0.4 is 0 Å². The molecule has 2 spiro atoms. The lowest BCUT2D eigenvalue weighted by Gasteiger charge is -2.51. The number of unbranched alkanes of at least 4 members (excludes halogenated alkanes) is 6. The molecule has 0 aromatic carbocycles. The minimum absolute atomic E-state index is 0.0764. The second-order valence-corrected chi connectivity index (χ2v) is 16.7. The topological polar surface area (TPSA) is 79.4 Å². The maximum atomic E-state index is 15.2. The Morgan fingerprint density at radius 3 is 1.87 bits per heavy atom. The van der Waals surface area contributed by atoms with E-state index in [-0.39, 0.29) is 35.1 Å². The maximum absolute atomic E-state index is 15.2. The van der Waals surface area contributed by atoms with Crippen molar-refractivity contribution in [3.63, 3.8) is 0 Å². The normalized spacial score (nSPS) is 30.0. The summed E-state index contributed by atoms with van der Waals surface area (Å²) in [4.78, 5) is 28.7. The first-order valence-corrected chi connectivity index (χ1v) is 19.2. The summed E-state index contributed by atoms with van der Waals surface area (Å²) in [5.74, 6) is 9.83. The Balaban J connectivity index is 1.60. The van der Waals surface area contributed by atoms with E-state index < -0.39 is 16.7 Å². The zero-order valence-electron chi connectivity index (χ0n) is 30.1. The second-order valence-electron chi connectivity index (χ2n) is 16.7. The van der Waals surface area contributed by atoms with Crippen LogP contribution in [0.1, 0.15) is 196 Å². The van der Waals surface area contributed by atoms with E-state index in [4.69, 9.17) is 9.47 Å². The third kappa shape index (κ3) is 7.51. The molecule has 1 saturated heterocycles. The van der Waals surface area contributed by atoms with Crippen LogP contribution >= 0.6 is 0 Å². The van der Waals surface area contributed by atoms with Crippen molar-refractivity contribution in [2.45, 2.75) is 218 Å². The summed E-state index contributed by atoms with van der Waals surface area (Å²) in [7, 11) is 0. The molecule has 2 saturated carbocycles. The first kappa shape index (κ1) is 36.4. The molecule has 258 valence electrons. The van der Waals surface area contributed by atoms with Crippen LogP contribution in [0.15, 0.2) is 0 Å². The fourth-order valence-electron chi connectivity index (χ4n) is 10.4. The van der Waals surface area contributed by atoms with Gasteiger partial charge >= 0.3 is 5.97 Å². The van der Waals surface area contributed by atoms with Gasteiger partial charge in [0.25, 0.3) is 0 Å². The first-order chi connectivity index (χ1) is 21.4. The quantitative estimate of drug-likeness (QED) is 0.115. The summed E-state index contributed by atoms with van der Waals surface area (Å²) in [6.45, 7) is 13.1. The van der Waals surface area contributed by atoms with Gasteiger partial charge in [-0.3, -0.25) is 14.3 Å². The average molecular weight is 629 g/mol. The third-order valence-corrected chi connectivity index (χ3v) is 12.0. The number of esters is 1. The molecule has 2 unspecified atom stereocenters. The minimum atomic E-state index is -1.16.